The van der Waals surface area contributed by atoms with Crippen molar-refractivity contribution in [3.63, 3.8) is 0 Å². The first-order valence-corrected chi connectivity index (χ1v) is 14.0. The summed E-state index contributed by atoms with van der Waals surface area (Å²) in [5, 5.41) is 10.7. The van der Waals surface area contributed by atoms with E-state index in [9.17, 15) is 9.59 Å². The first kappa shape index (κ1) is 29.1. The van der Waals surface area contributed by atoms with E-state index in [1.807, 2.05) is 48.7 Å². The van der Waals surface area contributed by atoms with Crippen molar-refractivity contribution in [1.29, 1.82) is 0 Å². The van der Waals surface area contributed by atoms with Gasteiger partial charge >= 0.3 is 5.97 Å². The molecule has 1 aromatic heterocycles. The number of hydrazone groups is 1. The Bertz CT molecular complexity index is 1510. The fraction of sp³-hybridized carbons (Fsp3) is 0.143. The number of rotatable bonds is 11. The second-order valence-corrected chi connectivity index (χ2v) is 10.2. The Morgan fingerprint density at radius 2 is 1.80 bits per heavy atom. The number of ether oxygens (including phenoxy) is 3. The molecule has 0 radical (unpaired) electrons. The molecule has 0 aliphatic heterocycles. The summed E-state index contributed by atoms with van der Waals surface area (Å²) in [5.41, 5.74) is 6.16. The van der Waals surface area contributed by atoms with Crippen LogP contribution in [0.4, 0.5) is 10.8 Å². The van der Waals surface area contributed by atoms with Gasteiger partial charge in [-0.3, -0.25) is 4.79 Å². The standard InChI is InChI=1S/C28H24BrClN4O5S/c1-3-38-24-12-19(22(29)13-25(24)39-15-26(35)37-2)14-31-34-27(36)18-6-4-17(5-7-18)23-16-40-28(33-23)32-21-10-8-20(30)9-11-21/h4-14,16H,3,15H2,1-2H3,(H,32,33)(H,34,36)/b31-14-. The van der Waals surface area contributed by atoms with Crippen LogP contribution in [0.5, 0.6) is 11.5 Å². The summed E-state index contributed by atoms with van der Waals surface area (Å²) in [7, 11) is 1.28. The molecule has 1 amide bonds. The van der Waals surface area contributed by atoms with Gasteiger partial charge in [0.1, 0.15) is 0 Å². The first-order chi connectivity index (χ1) is 19.4. The molecule has 12 heteroatoms. The van der Waals surface area contributed by atoms with Crippen LogP contribution in [0.25, 0.3) is 11.3 Å². The Labute approximate surface area is 248 Å². The van der Waals surface area contributed by atoms with Gasteiger partial charge in [-0.2, -0.15) is 5.10 Å². The average Bonchev–Trinajstić information content (AvgIpc) is 3.43. The Morgan fingerprint density at radius 3 is 2.50 bits per heavy atom. The highest BCUT2D eigenvalue weighted by molar-refractivity contribution is 9.10. The van der Waals surface area contributed by atoms with Crippen LogP contribution in [0.15, 0.2) is 75.6 Å². The number of halogens is 2. The number of aromatic nitrogens is 1. The summed E-state index contributed by atoms with van der Waals surface area (Å²) < 4.78 is 16.4. The fourth-order valence-corrected chi connectivity index (χ4v) is 4.65. The number of nitrogens with zero attached hydrogens (tertiary/aromatic N) is 2. The van der Waals surface area contributed by atoms with Gasteiger partial charge in [0.05, 0.1) is 25.6 Å². The van der Waals surface area contributed by atoms with Gasteiger partial charge in [-0.05, 0) is 71.4 Å². The van der Waals surface area contributed by atoms with Crippen LogP contribution in [0.3, 0.4) is 0 Å². The van der Waals surface area contributed by atoms with E-state index in [0.29, 0.717) is 38.7 Å². The van der Waals surface area contributed by atoms with Gasteiger partial charge in [0.2, 0.25) is 0 Å². The van der Waals surface area contributed by atoms with Crippen LogP contribution >= 0.6 is 38.9 Å². The Morgan fingerprint density at radius 1 is 1.07 bits per heavy atom. The van der Waals surface area contributed by atoms with E-state index in [0.717, 1.165) is 22.1 Å². The molecule has 4 aromatic rings. The number of hydrogen-bond acceptors (Lipinski definition) is 9. The zero-order valence-corrected chi connectivity index (χ0v) is 24.6. The molecular formula is C28H24BrClN4O5S. The summed E-state index contributed by atoms with van der Waals surface area (Å²) in [6, 6.07) is 17.8. The molecule has 40 heavy (non-hydrogen) atoms. The molecule has 0 saturated heterocycles. The molecule has 0 unspecified atom stereocenters. The van der Waals surface area contributed by atoms with Crippen molar-refractivity contribution in [1.82, 2.24) is 10.4 Å². The fourth-order valence-electron chi connectivity index (χ4n) is 3.36. The lowest BCUT2D eigenvalue weighted by Gasteiger charge is -2.13. The predicted molar refractivity (Wildman–Crippen MR) is 160 cm³/mol. The normalized spacial score (nSPS) is 10.8. The van der Waals surface area contributed by atoms with E-state index >= 15 is 0 Å². The summed E-state index contributed by atoms with van der Waals surface area (Å²) in [6.45, 7) is 1.97. The van der Waals surface area contributed by atoms with Crippen LogP contribution in [-0.4, -0.2) is 43.4 Å². The van der Waals surface area contributed by atoms with Crippen molar-refractivity contribution in [2.45, 2.75) is 6.92 Å². The van der Waals surface area contributed by atoms with Crippen molar-refractivity contribution in [2.24, 2.45) is 5.10 Å². The van der Waals surface area contributed by atoms with Crippen molar-refractivity contribution in [3.05, 3.63) is 86.7 Å². The monoisotopic (exact) mass is 642 g/mol. The van der Waals surface area contributed by atoms with Crippen LogP contribution < -0.4 is 20.2 Å². The summed E-state index contributed by atoms with van der Waals surface area (Å²) in [4.78, 5) is 28.7. The minimum absolute atomic E-state index is 0.255. The maximum Gasteiger partial charge on any atom is 0.343 e. The lowest BCUT2D eigenvalue weighted by molar-refractivity contribution is -0.142. The van der Waals surface area contributed by atoms with Crippen molar-refractivity contribution in [2.75, 3.05) is 25.6 Å². The topological polar surface area (TPSA) is 111 Å². The van der Waals surface area contributed by atoms with Gasteiger partial charge in [0, 0.05) is 37.3 Å². The number of nitrogens with one attached hydrogen (secondary N) is 2. The molecular weight excluding hydrogens is 620 g/mol. The summed E-state index contributed by atoms with van der Waals surface area (Å²) in [5.74, 6) is -0.0901. The van der Waals surface area contributed by atoms with Gasteiger partial charge in [-0.1, -0.05) is 23.7 Å². The highest BCUT2D eigenvalue weighted by Crippen LogP contribution is 2.33. The Kier molecular flexibility index (Phi) is 10.1. The Balaban J connectivity index is 1.37. The third kappa shape index (κ3) is 7.81. The molecule has 206 valence electrons. The average molecular weight is 644 g/mol. The summed E-state index contributed by atoms with van der Waals surface area (Å²) >= 11 is 10.9. The summed E-state index contributed by atoms with van der Waals surface area (Å²) in [6.07, 6.45) is 1.48. The lowest BCUT2D eigenvalue weighted by atomic mass is 10.1. The third-order valence-corrected chi connectivity index (χ3v) is 7.04. The highest BCUT2D eigenvalue weighted by atomic mass is 79.9. The smallest absolute Gasteiger partial charge is 0.343 e. The van der Waals surface area contributed by atoms with Crippen LogP contribution in [-0.2, 0) is 9.53 Å². The molecule has 0 fully saturated rings. The highest BCUT2D eigenvalue weighted by Gasteiger charge is 2.13. The maximum atomic E-state index is 12.6. The van der Waals surface area contributed by atoms with E-state index in [-0.39, 0.29) is 12.5 Å². The number of thiazole rings is 1. The number of amides is 1. The van der Waals surface area contributed by atoms with E-state index in [1.165, 1.54) is 24.7 Å². The lowest BCUT2D eigenvalue weighted by Crippen LogP contribution is -2.17. The number of anilines is 2. The van der Waals surface area contributed by atoms with Crippen molar-refractivity contribution < 1.29 is 23.8 Å². The number of carbonyl (C=O) groups excluding carboxylic acids is 2. The first-order valence-electron chi connectivity index (χ1n) is 11.9. The zero-order valence-electron chi connectivity index (χ0n) is 21.4. The Hall–Kier alpha value is -3.93. The van der Waals surface area contributed by atoms with Crippen molar-refractivity contribution in [3.8, 4) is 22.8 Å². The van der Waals surface area contributed by atoms with Gasteiger partial charge in [0.25, 0.3) is 5.91 Å². The SMILES string of the molecule is CCOc1cc(/C=N\NC(=O)c2ccc(-c3csc(Nc4ccc(Cl)cc4)n3)cc2)c(Br)cc1OCC(=O)OC. The molecule has 3 aromatic carbocycles. The van der Waals surface area contributed by atoms with E-state index in [4.69, 9.17) is 21.1 Å². The molecule has 0 saturated carbocycles. The molecule has 0 aliphatic carbocycles. The number of methoxy groups -OCH3 is 1. The molecule has 0 aliphatic rings. The van der Waals surface area contributed by atoms with Gasteiger partial charge in [0.15, 0.2) is 23.2 Å². The molecule has 0 spiro atoms. The van der Waals surface area contributed by atoms with Crippen molar-refractivity contribution >= 4 is 67.8 Å². The van der Waals surface area contributed by atoms with Crippen LogP contribution in [0.1, 0.15) is 22.8 Å². The second-order valence-electron chi connectivity index (χ2n) is 8.06. The van der Waals surface area contributed by atoms with Gasteiger partial charge in [-0.25, -0.2) is 15.2 Å². The molecule has 2 N–H and O–H groups in total. The molecule has 0 bridgehead atoms. The van der Waals surface area contributed by atoms with E-state index < -0.39 is 5.97 Å². The van der Waals surface area contributed by atoms with Crippen LogP contribution in [0, 0.1) is 0 Å². The predicted octanol–water partition coefficient (Wildman–Crippen LogP) is 6.68. The quantitative estimate of drug-likeness (QED) is 0.107. The van der Waals surface area contributed by atoms with Gasteiger partial charge < -0.3 is 19.5 Å². The number of benzene rings is 3. The molecule has 0 atom stereocenters. The molecule has 1 heterocycles. The minimum atomic E-state index is -0.512. The molecule has 9 nitrogen and oxygen atoms in total. The van der Waals surface area contributed by atoms with Gasteiger partial charge in [-0.15, -0.1) is 11.3 Å². The number of carbonyl (C=O) groups is 2. The minimum Gasteiger partial charge on any atom is -0.490 e. The largest absolute Gasteiger partial charge is 0.490 e. The molecule has 4 rings (SSSR count). The number of hydrogen-bond donors (Lipinski definition) is 2. The number of esters is 1. The van der Waals surface area contributed by atoms with E-state index in [1.54, 1.807) is 24.3 Å². The zero-order chi connectivity index (χ0) is 28.5. The van der Waals surface area contributed by atoms with Crippen LogP contribution in [0.2, 0.25) is 5.02 Å². The second kappa shape index (κ2) is 13.9. The third-order valence-electron chi connectivity index (χ3n) is 5.35. The maximum absolute atomic E-state index is 12.6. The van der Waals surface area contributed by atoms with E-state index in [2.05, 4.69) is 41.5 Å².